The molecule has 0 aliphatic carbocycles. The molecule has 1 rings (SSSR count). The van der Waals surface area contributed by atoms with Crippen LogP contribution in [0.5, 0.6) is 5.75 Å². The second-order valence-electron chi connectivity index (χ2n) is 6.20. The van der Waals surface area contributed by atoms with E-state index in [4.69, 9.17) is 0 Å². The van der Waals surface area contributed by atoms with Gasteiger partial charge in [0.15, 0.2) is 0 Å². The van der Waals surface area contributed by atoms with Crippen LogP contribution in [-0.4, -0.2) is 5.11 Å². The van der Waals surface area contributed by atoms with Gasteiger partial charge >= 0.3 is 0 Å². The minimum atomic E-state index is -0.00859. The van der Waals surface area contributed by atoms with Crippen LogP contribution in [0, 0.1) is 0 Å². The molecule has 0 saturated heterocycles. The van der Waals surface area contributed by atoms with E-state index >= 15 is 0 Å². The Balaban J connectivity index is 3.37. The Morgan fingerprint density at radius 2 is 1.13 bits per heavy atom. The lowest BCUT2D eigenvalue weighted by molar-refractivity contribution is 0.423. The Morgan fingerprint density at radius 1 is 0.800 bits per heavy atom. The van der Waals surface area contributed by atoms with Crippen LogP contribution < -0.4 is 0 Å². The van der Waals surface area contributed by atoms with E-state index in [0.717, 1.165) is 11.1 Å². The van der Waals surface area contributed by atoms with Gasteiger partial charge in [-0.3, -0.25) is 0 Å². The summed E-state index contributed by atoms with van der Waals surface area (Å²) in [5.41, 5.74) is 2.03. The van der Waals surface area contributed by atoms with Crippen molar-refractivity contribution in [3.05, 3.63) is 29.3 Å². The van der Waals surface area contributed by atoms with Crippen LogP contribution in [0.3, 0.4) is 0 Å². The first-order valence-corrected chi connectivity index (χ1v) is 5.47. The minimum absolute atomic E-state index is 0.00859. The molecule has 1 N–H and O–H groups in total. The fraction of sp³-hybridized carbons (Fsp3) is 0.571. The van der Waals surface area contributed by atoms with Gasteiger partial charge < -0.3 is 5.11 Å². The van der Waals surface area contributed by atoms with Gasteiger partial charge in [-0.15, -0.1) is 0 Å². The summed E-state index contributed by atoms with van der Waals surface area (Å²) in [6.07, 6.45) is 0. The number of benzene rings is 1. The van der Waals surface area contributed by atoms with Crippen molar-refractivity contribution >= 4 is 0 Å². The van der Waals surface area contributed by atoms with Crippen LogP contribution in [0.1, 0.15) is 52.7 Å². The van der Waals surface area contributed by atoms with E-state index in [1.54, 1.807) is 0 Å². The molecule has 0 atom stereocenters. The zero-order chi connectivity index (χ0) is 11.9. The molecule has 84 valence electrons. The van der Waals surface area contributed by atoms with E-state index in [0.29, 0.717) is 5.75 Å². The van der Waals surface area contributed by atoms with Crippen LogP contribution in [-0.2, 0) is 10.8 Å². The van der Waals surface area contributed by atoms with Crippen LogP contribution >= 0.6 is 0 Å². The number of hydrogen-bond acceptors (Lipinski definition) is 1. The highest BCUT2D eigenvalue weighted by Crippen LogP contribution is 2.38. The third-order valence-electron chi connectivity index (χ3n) is 2.65. The molecular weight excluding hydrogens is 190 g/mol. The van der Waals surface area contributed by atoms with Gasteiger partial charge in [-0.25, -0.2) is 0 Å². The zero-order valence-electron chi connectivity index (χ0n) is 10.7. The maximum Gasteiger partial charge on any atom is 0.123 e. The molecule has 0 amide bonds. The van der Waals surface area contributed by atoms with E-state index in [1.807, 2.05) is 18.2 Å². The average Bonchev–Trinajstić information content (AvgIpc) is 1.99. The molecule has 15 heavy (non-hydrogen) atoms. The van der Waals surface area contributed by atoms with E-state index in [9.17, 15) is 5.11 Å². The number of aromatic hydroxyl groups is 1. The molecule has 0 saturated carbocycles. The van der Waals surface area contributed by atoms with E-state index in [1.165, 1.54) is 0 Å². The number of rotatable bonds is 0. The number of hydrogen-bond donors (Lipinski definition) is 1. The predicted molar refractivity (Wildman–Crippen MR) is 65.5 cm³/mol. The van der Waals surface area contributed by atoms with E-state index < -0.39 is 0 Å². The molecule has 0 spiro atoms. The Labute approximate surface area is 93.1 Å². The second kappa shape index (κ2) is 3.55. The molecule has 0 heterocycles. The first-order chi connectivity index (χ1) is 6.64. The first kappa shape index (κ1) is 12.1. The van der Waals surface area contributed by atoms with Gasteiger partial charge in [-0.05, 0) is 22.0 Å². The number of phenols is 1. The standard InChI is InChI=1S/C14H22O/c1-13(2,3)10-8-7-9-11(12(10)15)14(4,5)6/h7-9,15H,1-6H3/i7+1,8+1,9+1,10+1,11+1,12+1. The van der Waals surface area contributed by atoms with E-state index in [2.05, 4.69) is 41.5 Å². The topological polar surface area (TPSA) is 20.2 Å². The van der Waals surface area contributed by atoms with Crippen molar-refractivity contribution < 1.29 is 5.11 Å². The highest BCUT2D eigenvalue weighted by molar-refractivity contribution is 5.46. The lowest BCUT2D eigenvalue weighted by atomic mass is 10.0. The van der Waals surface area contributed by atoms with Gasteiger partial charge in [0.25, 0.3) is 0 Å². The van der Waals surface area contributed by atoms with Crippen molar-refractivity contribution in [3.8, 4) is 5.75 Å². The molecule has 0 aliphatic rings. The van der Waals surface area contributed by atoms with Gasteiger partial charge in [-0.1, -0.05) is 59.7 Å². The van der Waals surface area contributed by atoms with Gasteiger partial charge in [0, 0.05) is 0 Å². The molecule has 1 aromatic carbocycles. The van der Waals surface area contributed by atoms with Crippen LogP contribution in [0.2, 0.25) is 0 Å². The van der Waals surface area contributed by atoms with Crippen molar-refractivity contribution in [1.82, 2.24) is 0 Å². The Morgan fingerprint density at radius 3 is 1.40 bits per heavy atom. The van der Waals surface area contributed by atoms with Crippen molar-refractivity contribution in [3.63, 3.8) is 0 Å². The van der Waals surface area contributed by atoms with Gasteiger partial charge in [0.2, 0.25) is 0 Å². The molecule has 0 aliphatic heterocycles. The third-order valence-corrected chi connectivity index (χ3v) is 2.65. The maximum absolute atomic E-state index is 10.3. The molecule has 1 heteroatoms. The monoisotopic (exact) mass is 212 g/mol. The lowest BCUT2D eigenvalue weighted by Crippen LogP contribution is -2.16. The van der Waals surface area contributed by atoms with Crippen LogP contribution in [0.15, 0.2) is 18.2 Å². The Bertz CT molecular complexity index is 318. The smallest absolute Gasteiger partial charge is 0.123 e. The van der Waals surface area contributed by atoms with Gasteiger partial charge in [0.05, 0.1) is 0 Å². The summed E-state index contributed by atoms with van der Waals surface area (Å²) in [5, 5.41) is 10.3. The molecule has 0 aromatic heterocycles. The average molecular weight is 212 g/mol. The fourth-order valence-corrected chi connectivity index (χ4v) is 1.75. The molecule has 1 nitrogen and oxygen atoms in total. The SMILES string of the molecule is CC(C)(C)[13c]1[13cH][13cH][13cH][13c](C(C)(C)C)[13c]1O. The largest absolute Gasteiger partial charge is 0.507 e. The molecule has 0 unspecified atom stereocenters. The summed E-state index contributed by atoms with van der Waals surface area (Å²) in [4.78, 5) is 0. The van der Waals surface area contributed by atoms with Crippen molar-refractivity contribution in [2.75, 3.05) is 0 Å². The first-order valence-electron chi connectivity index (χ1n) is 5.47. The van der Waals surface area contributed by atoms with Gasteiger partial charge in [-0.2, -0.15) is 0 Å². The van der Waals surface area contributed by atoms with Crippen molar-refractivity contribution in [1.29, 1.82) is 0 Å². The minimum Gasteiger partial charge on any atom is -0.507 e. The fourth-order valence-electron chi connectivity index (χ4n) is 1.75. The van der Waals surface area contributed by atoms with E-state index in [-0.39, 0.29) is 10.8 Å². The highest BCUT2D eigenvalue weighted by atomic mass is 16.3. The summed E-state index contributed by atoms with van der Waals surface area (Å²) < 4.78 is 0. The van der Waals surface area contributed by atoms with Crippen molar-refractivity contribution in [2.24, 2.45) is 0 Å². The predicted octanol–water partition coefficient (Wildman–Crippen LogP) is 3.99. The maximum atomic E-state index is 10.3. The van der Waals surface area contributed by atoms with Gasteiger partial charge in [0.1, 0.15) is 5.75 Å². The molecule has 0 bridgehead atoms. The number of para-hydroxylation sites is 1. The summed E-state index contributed by atoms with van der Waals surface area (Å²) in [5.74, 6) is 0.456. The lowest BCUT2D eigenvalue weighted by Gasteiger charge is -2.26. The van der Waals surface area contributed by atoms with Crippen molar-refractivity contribution in [2.45, 2.75) is 52.4 Å². The third kappa shape index (κ3) is 2.53. The summed E-state index contributed by atoms with van der Waals surface area (Å²) in [7, 11) is 0. The summed E-state index contributed by atoms with van der Waals surface area (Å²) >= 11 is 0. The molecule has 1 aromatic rings. The Hall–Kier alpha value is -0.980. The summed E-state index contributed by atoms with van der Waals surface area (Å²) in [6, 6.07) is 6.04. The van der Waals surface area contributed by atoms with Crippen LogP contribution in [0.4, 0.5) is 0 Å². The second-order valence-corrected chi connectivity index (χ2v) is 6.20. The molecular formula is C14H22O. The van der Waals surface area contributed by atoms with Crippen LogP contribution in [0.25, 0.3) is 0 Å². The normalized spacial score (nSPS) is 12.9. The molecule has 0 fully saturated rings. The zero-order valence-corrected chi connectivity index (χ0v) is 10.7. The quantitative estimate of drug-likeness (QED) is 0.689. The summed E-state index contributed by atoms with van der Waals surface area (Å²) in [6.45, 7) is 12.7. The highest BCUT2D eigenvalue weighted by Gasteiger charge is 2.24. The Kier molecular flexibility index (Phi) is 2.86. The number of phenolic OH excluding ortho intramolecular Hbond substituents is 1. The molecule has 0 radical (unpaired) electrons.